The van der Waals surface area contributed by atoms with E-state index < -0.39 is 5.91 Å². The van der Waals surface area contributed by atoms with Gasteiger partial charge in [-0.25, -0.2) is 4.79 Å². The Bertz CT molecular complexity index is 1260. The molecule has 0 aliphatic carbocycles. The SMILES string of the molecule is Cc1ccc(NC(=O)Nc2ccc(-c3c(C(N)=O)[nH]c4cccnc34)cc2)cc1C. The highest BCUT2D eigenvalue weighted by Gasteiger charge is 2.18. The Hall–Kier alpha value is -4.13. The van der Waals surface area contributed by atoms with Crippen LogP contribution in [-0.2, 0) is 0 Å². The normalized spacial score (nSPS) is 10.7. The van der Waals surface area contributed by atoms with E-state index in [1.54, 1.807) is 24.4 Å². The molecule has 3 amide bonds. The summed E-state index contributed by atoms with van der Waals surface area (Å²) in [6.45, 7) is 4.02. The number of fused-ring (bicyclic) bond motifs is 1. The number of benzene rings is 2. The maximum atomic E-state index is 12.3. The second-order valence-corrected chi connectivity index (χ2v) is 7.09. The smallest absolute Gasteiger partial charge is 0.323 e. The van der Waals surface area contributed by atoms with Crippen molar-refractivity contribution in [2.75, 3.05) is 10.6 Å². The summed E-state index contributed by atoms with van der Waals surface area (Å²) in [6, 6.07) is 16.2. The van der Waals surface area contributed by atoms with E-state index in [0.717, 1.165) is 22.3 Å². The molecule has 0 bridgehead atoms. The second-order valence-electron chi connectivity index (χ2n) is 7.09. The van der Waals surface area contributed by atoms with Gasteiger partial charge in [0.2, 0.25) is 0 Å². The maximum Gasteiger partial charge on any atom is 0.323 e. The highest BCUT2D eigenvalue weighted by Crippen LogP contribution is 2.31. The number of H-pyrrole nitrogens is 1. The molecule has 2 aromatic carbocycles. The van der Waals surface area contributed by atoms with E-state index in [1.807, 2.05) is 50.2 Å². The van der Waals surface area contributed by atoms with Crippen LogP contribution >= 0.6 is 0 Å². The molecule has 30 heavy (non-hydrogen) atoms. The predicted octanol–water partition coefficient (Wildman–Crippen LogP) is 4.59. The molecule has 7 nitrogen and oxygen atoms in total. The van der Waals surface area contributed by atoms with Crippen LogP contribution in [0.1, 0.15) is 21.6 Å². The molecular weight excluding hydrogens is 378 g/mol. The lowest BCUT2D eigenvalue weighted by Gasteiger charge is -2.10. The van der Waals surface area contributed by atoms with E-state index in [4.69, 9.17) is 5.73 Å². The standard InChI is InChI=1S/C23H21N5O2/c1-13-5-8-17(12-14(13)2)27-23(30)26-16-9-6-15(7-10-16)19-20-18(4-3-11-25-20)28-21(19)22(24)29/h3-12,28H,1-2H3,(H2,24,29)(H2,26,27,30). The molecule has 0 aliphatic rings. The van der Waals surface area contributed by atoms with Gasteiger partial charge in [-0.15, -0.1) is 0 Å². The molecule has 150 valence electrons. The Morgan fingerprint density at radius 2 is 1.63 bits per heavy atom. The largest absolute Gasteiger partial charge is 0.364 e. The van der Waals surface area contributed by atoms with Crippen molar-refractivity contribution < 1.29 is 9.59 Å². The molecule has 0 spiro atoms. The van der Waals surface area contributed by atoms with Crippen LogP contribution in [0.4, 0.5) is 16.2 Å². The summed E-state index contributed by atoms with van der Waals surface area (Å²) in [5, 5.41) is 5.63. The minimum Gasteiger partial charge on any atom is -0.364 e. The number of urea groups is 1. The van der Waals surface area contributed by atoms with Crippen molar-refractivity contribution >= 4 is 34.3 Å². The third kappa shape index (κ3) is 3.73. The molecular formula is C23H21N5O2. The summed E-state index contributed by atoms with van der Waals surface area (Å²) in [7, 11) is 0. The van der Waals surface area contributed by atoms with E-state index in [0.29, 0.717) is 22.5 Å². The van der Waals surface area contributed by atoms with Gasteiger partial charge in [0, 0.05) is 23.1 Å². The molecule has 0 aliphatic heterocycles. The number of hydrogen-bond donors (Lipinski definition) is 4. The van der Waals surface area contributed by atoms with Crippen molar-refractivity contribution in [2.24, 2.45) is 5.73 Å². The fourth-order valence-electron chi connectivity index (χ4n) is 3.32. The van der Waals surface area contributed by atoms with Crippen LogP contribution in [0.25, 0.3) is 22.2 Å². The average Bonchev–Trinajstić information content (AvgIpc) is 3.11. The Kier molecular flexibility index (Phi) is 4.93. The zero-order chi connectivity index (χ0) is 21.3. The molecule has 5 N–H and O–H groups in total. The first-order valence-corrected chi connectivity index (χ1v) is 9.44. The number of primary amides is 1. The molecule has 0 saturated heterocycles. The number of pyridine rings is 1. The summed E-state index contributed by atoms with van der Waals surface area (Å²) < 4.78 is 0. The molecule has 7 heteroatoms. The van der Waals surface area contributed by atoms with Crippen molar-refractivity contribution in [3.05, 3.63) is 77.6 Å². The highest BCUT2D eigenvalue weighted by atomic mass is 16.2. The number of hydrogen-bond acceptors (Lipinski definition) is 3. The van der Waals surface area contributed by atoms with Crippen LogP contribution in [0.3, 0.4) is 0 Å². The summed E-state index contributed by atoms with van der Waals surface area (Å²) in [6.07, 6.45) is 1.66. The van der Waals surface area contributed by atoms with Crippen LogP contribution in [0.5, 0.6) is 0 Å². The van der Waals surface area contributed by atoms with Crippen LogP contribution in [0, 0.1) is 13.8 Å². The Morgan fingerprint density at radius 3 is 2.33 bits per heavy atom. The van der Waals surface area contributed by atoms with Gasteiger partial charge in [-0.1, -0.05) is 18.2 Å². The van der Waals surface area contributed by atoms with Crippen molar-refractivity contribution in [3.8, 4) is 11.1 Å². The molecule has 0 fully saturated rings. The minimum atomic E-state index is -0.557. The number of carbonyl (C=O) groups excluding carboxylic acids is 2. The van der Waals surface area contributed by atoms with E-state index in [9.17, 15) is 9.59 Å². The predicted molar refractivity (Wildman–Crippen MR) is 119 cm³/mol. The third-order valence-electron chi connectivity index (χ3n) is 5.00. The number of carbonyl (C=O) groups is 2. The van der Waals surface area contributed by atoms with Gasteiger partial charge in [-0.2, -0.15) is 0 Å². The topological polar surface area (TPSA) is 113 Å². The molecule has 0 saturated carbocycles. The number of aromatic amines is 1. The number of rotatable bonds is 4. The first-order chi connectivity index (χ1) is 14.4. The summed E-state index contributed by atoms with van der Waals surface area (Å²) in [5.41, 5.74) is 12.3. The zero-order valence-electron chi connectivity index (χ0n) is 16.6. The maximum absolute atomic E-state index is 12.3. The lowest BCUT2D eigenvalue weighted by Crippen LogP contribution is -2.19. The van der Waals surface area contributed by atoms with Crippen LogP contribution in [-0.4, -0.2) is 21.9 Å². The van der Waals surface area contributed by atoms with Gasteiger partial charge in [-0.3, -0.25) is 9.78 Å². The van der Waals surface area contributed by atoms with Crippen LogP contribution < -0.4 is 16.4 Å². The number of aryl methyl sites for hydroxylation is 2. The number of amides is 3. The van der Waals surface area contributed by atoms with Gasteiger partial charge < -0.3 is 21.4 Å². The molecule has 0 radical (unpaired) electrons. The zero-order valence-corrected chi connectivity index (χ0v) is 16.6. The summed E-state index contributed by atoms with van der Waals surface area (Å²) >= 11 is 0. The Balaban J connectivity index is 1.55. The summed E-state index contributed by atoms with van der Waals surface area (Å²) in [4.78, 5) is 31.6. The monoisotopic (exact) mass is 399 g/mol. The lowest BCUT2D eigenvalue weighted by atomic mass is 10.0. The van der Waals surface area contributed by atoms with Gasteiger partial charge in [0.25, 0.3) is 5.91 Å². The number of nitrogens with one attached hydrogen (secondary N) is 3. The average molecular weight is 399 g/mol. The number of nitrogens with two attached hydrogens (primary N) is 1. The van der Waals surface area contributed by atoms with E-state index >= 15 is 0 Å². The van der Waals surface area contributed by atoms with Gasteiger partial charge in [-0.05, 0) is 66.9 Å². The molecule has 4 rings (SSSR count). The van der Waals surface area contributed by atoms with E-state index in [1.165, 1.54) is 5.56 Å². The number of nitrogens with zero attached hydrogens (tertiary/aromatic N) is 1. The molecule has 2 heterocycles. The van der Waals surface area contributed by atoms with Gasteiger partial charge in [0.1, 0.15) is 5.69 Å². The van der Waals surface area contributed by atoms with Crippen molar-refractivity contribution in [3.63, 3.8) is 0 Å². The molecule has 0 atom stereocenters. The van der Waals surface area contributed by atoms with E-state index in [2.05, 4.69) is 20.6 Å². The summed E-state index contributed by atoms with van der Waals surface area (Å²) in [5.74, 6) is -0.557. The van der Waals surface area contributed by atoms with E-state index in [-0.39, 0.29) is 6.03 Å². The number of aromatic nitrogens is 2. The lowest BCUT2D eigenvalue weighted by molar-refractivity contribution is 0.0997. The third-order valence-corrected chi connectivity index (χ3v) is 5.00. The molecule has 0 unspecified atom stereocenters. The van der Waals surface area contributed by atoms with Crippen molar-refractivity contribution in [1.82, 2.24) is 9.97 Å². The Labute approximate surface area is 173 Å². The van der Waals surface area contributed by atoms with Crippen molar-refractivity contribution in [1.29, 1.82) is 0 Å². The fourth-order valence-corrected chi connectivity index (χ4v) is 3.32. The molecule has 2 aromatic heterocycles. The first kappa shape index (κ1) is 19.2. The van der Waals surface area contributed by atoms with Crippen LogP contribution in [0.15, 0.2) is 60.8 Å². The minimum absolute atomic E-state index is 0.303. The Morgan fingerprint density at radius 1 is 0.933 bits per heavy atom. The second kappa shape index (κ2) is 7.71. The van der Waals surface area contributed by atoms with Gasteiger partial charge >= 0.3 is 6.03 Å². The molecule has 4 aromatic rings. The van der Waals surface area contributed by atoms with Gasteiger partial charge in [0.05, 0.1) is 11.0 Å². The highest BCUT2D eigenvalue weighted by molar-refractivity contribution is 6.08. The quantitative estimate of drug-likeness (QED) is 0.402. The first-order valence-electron chi connectivity index (χ1n) is 9.44. The van der Waals surface area contributed by atoms with Gasteiger partial charge in [0.15, 0.2) is 0 Å². The number of anilines is 2. The van der Waals surface area contributed by atoms with Crippen molar-refractivity contribution in [2.45, 2.75) is 13.8 Å². The fraction of sp³-hybridized carbons (Fsp3) is 0.0870. The van der Waals surface area contributed by atoms with Crippen LogP contribution in [0.2, 0.25) is 0 Å².